The van der Waals surface area contributed by atoms with Crippen molar-refractivity contribution >= 4 is 46.5 Å². The summed E-state index contributed by atoms with van der Waals surface area (Å²) in [5.74, 6) is 2.47. The van der Waals surface area contributed by atoms with Gasteiger partial charge in [0.05, 0.1) is 22.2 Å². The van der Waals surface area contributed by atoms with Gasteiger partial charge in [0.2, 0.25) is 5.95 Å². The predicted octanol–water partition coefficient (Wildman–Crippen LogP) is 4.72. The van der Waals surface area contributed by atoms with Crippen LogP contribution < -0.4 is 15.5 Å². The highest BCUT2D eigenvalue weighted by Crippen LogP contribution is 2.29. The van der Waals surface area contributed by atoms with E-state index < -0.39 is 0 Å². The van der Waals surface area contributed by atoms with Crippen molar-refractivity contribution in [3.8, 4) is 11.3 Å². The van der Waals surface area contributed by atoms with Crippen LogP contribution in [0.1, 0.15) is 24.3 Å². The molecule has 2 N–H and O–H groups in total. The molecule has 1 aromatic carbocycles. The van der Waals surface area contributed by atoms with Gasteiger partial charge in [0.25, 0.3) is 11.1 Å². The predicted molar refractivity (Wildman–Crippen MR) is 137 cm³/mol. The Hall–Kier alpha value is -3.14. The summed E-state index contributed by atoms with van der Waals surface area (Å²) in [6, 6.07) is 13.3. The third kappa shape index (κ3) is 5.75. The van der Waals surface area contributed by atoms with Crippen LogP contribution in [0, 0.1) is 5.92 Å². The number of carbonyl (C=O) groups excluding carboxylic acids is 2. The molecular weight excluding hydrogens is 486 g/mol. The molecule has 0 saturated carbocycles. The maximum absolute atomic E-state index is 11.8. The van der Waals surface area contributed by atoms with E-state index in [0.717, 1.165) is 61.3 Å². The number of carbonyl (C=O) groups is 2. The fourth-order valence-electron chi connectivity index (χ4n) is 4.17. The lowest BCUT2D eigenvalue weighted by Gasteiger charge is -2.32. The van der Waals surface area contributed by atoms with Crippen LogP contribution in [0.2, 0.25) is 5.02 Å². The molecule has 35 heavy (non-hydrogen) atoms. The van der Waals surface area contributed by atoms with Crippen molar-refractivity contribution in [2.75, 3.05) is 24.5 Å². The number of nitrogens with one attached hydrogen (secondary N) is 2. The van der Waals surface area contributed by atoms with E-state index in [1.807, 2.05) is 36.4 Å². The minimum atomic E-state index is -0.386. The number of furan rings is 1. The third-order valence-corrected chi connectivity index (χ3v) is 7.16. The Labute approximate surface area is 212 Å². The highest BCUT2D eigenvalue weighted by Gasteiger charge is 2.25. The maximum Gasteiger partial charge on any atom is 0.290 e. The van der Waals surface area contributed by atoms with Crippen molar-refractivity contribution in [1.82, 2.24) is 20.6 Å². The van der Waals surface area contributed by atoms with Crippen molar-refractivity contribution in [2.45, 2.75) is 19.4 Å². The summed E-state index contributed by atoms with van der Waals surface area (Å²) in [5, 5.41) is 6.08. The zero-order chi connectivity index (χ0) is 24.2. The molecule has 3 aromatic rings. The van der Waals surface area contributed by atoms with E-state index in [4.69, 9.17) is 16.0 Å². The van der Waals surface area contributed by atoms with Gasteiger partial charge in [-0.3, -0.25) is 14.9 Å². The van der Waals surface area contributed by atoms with Crippen molar-refractivity contribution in [1.29, 1.82) is 0 Å². The number of hydrogen-bond acceptors (Lipinski definition) is 8. The Bertz CT molecular complexity index is 1270. The van der Waals surface area contributed by atoms with Gasteiger partial charge in [0, 0.05) is 24.8 Å². The summed E-state index contributed by atoms with van der Waals surface area (Å²) in [6.07, 6.45) is 5.36. The molecule has 0 unspecified atom stereocenters. The summed E-state index contributed by atoms with van der Waals surface area (Å²) in [7, 11) is 0. The second-order valence-corrected chi connectivity index (χ2v) is 9.86. The number of anilines is 1. The van der Waals surface area contributed by atoms with Crippen LogP contribution in [-0.4, -0.2) is 40.7 Å². The zero-order valence-corrected chi connectivity index (χ0v) is 20.4. The zero-order valence-electron chi connectivity index (χ0n) is 18.9. The van der Waals surface area contributed by atoms with Crippen LogP contribution in [0.5, 0.6) is 0 Å². The molecule has 8 nitrogen and oxygen atoms in total. The first-order valence-electron chi connectivity index (χ1n) is 11.4. The van der Waals surface area contributed by atoms with E-state index in [0.29, 0.717) is 34.0 Å². The molecule has 0 bridgehead atoms. The van der Waals surface area contributed by atoms with Gasteiger partial charge < -0.3 is 14.6 Å². The number of imide groups is 1. The highest BCUT2D eigenvalue weighted by atomic mass is 35.5. The Balaban J connectivity index is 1.10. The van der Waals surface area contributed by atoms with Crippen LogP contribution in [0.3, 0.4) is 0 Å². The number of piperidine rings is 1. The first-order valence-corrected chi connectivity index (χ1v) is 12.6. The molecule has 0 atom stereocenters. The van der Waals surface area contributed by atoms with Crippen molar-refractivity contribution in [3.63, 3.8) is 0 Å². The molecule has 0 radical (unpaired) electrons. The molecule has 2 aliphatic rings. The second-order valence-electron chi connectivity index (χ2n) is 8.44. The summed E-state index contributed by atoms with van der Waals surface area (Å²) in [5.41, 5.74) is 1.51. The number of aromatic nitrogens is 2. The summed E-state index contributed by atoms with van der Waals surface area (Å²) >= 11 is 7.15. The van der Waals surface area contributed by atoms with Crippen molar-refractivity contribution < 1.29 is 14.0 Å². The average Bonchev–Trinajstić information content (AvgIpc) is 3.45. The van der Waals surface area contributed by atoms with Crippen LogP contribution in [0.25, 0.3) is 17.4 Å². The molecule has 2 aliphatic heterocycles. The monoisotopic (exact) mass is 509 g/mol. The molecule has 2 fully saturated rings. The Morgan fingerprint density at radius 3 is 2.77 bits per heavy atom. The SMILES string of the molecule is O=C1NC(=O)/C(=C/c2ccnc(N3CCC(CNCc4ccc(-c5ccccc5Cl)o4)CC3)n2)S1. The summed E-state index contributed by atoms with van der Waals surface area (Å²) in [6.45, 7) is 3.29. The molecule has 2 amide bonds. The summed E-state index contributed by atoms with van der Waals surface area (Å²) < 4.78 is 5.96. The molecule has 10 heteroatoms. The Morgan fingerprint density at radius 2 is 2.00 bits per heavy atom. The fraction of sp³-hybridized carbons (Fsp3) is 0.280. The van der Waals surface area contributed by atoms with Crippen molar-refractivity contribution in [2.24, 2.45) is 5.92 Å². The van der Waals surface area contributed by atoms with Crippen LogP contribution >= 0.6 is 23.4 Å². The fourth-order valence-corrected chi connectivity index (χ4v) is 5.06. The largest absolute Gasteiger partial charge is 0.460 e. The molecule has 2 saturated heterocycles. The van der Waals surface area contributed by atoms with Crippen LogP contribution in [0.4, 0.5) is 10.7 Å². The lowest BCUT2D eigenvalue weighted by Crippen LogP contribution is -2.38. The molecule has 4 heterocycles. The first kappa shape index (κ1) is 23.6. The van der Waals surface area contributed by atoms with E-state index in [1.54, 1.807) is 18.3 Å². The van der Waals surface area contributed by atoms with Gasteiger partial charge in [-0.2, -0.15) is 0 Å². The quantitative estimate of drug-likeness (QED) is 0.441. The smallest absolute Gasteiger partial charge is 0.290 e. The lowest BCUT2D eigenvalue weighted by atomic mass is 9.97. The van der Waals surface area contributed by atoms with Crippen LogP contribution in [-0.2, 0) is 11.3 Å². The minimum Gasteiger partial charge on any atom is -0.460 e. The molecule has 180 valence electrons. The van der Waals surface area contributed by atoms with E-state index in [2.05, 4.69) is 25.5 Å². The topological polar surface area (TPSA) is 100 Å². The average molecular weight is 510 g/mol. The lowest BCUT2D eigenvalue weighted by molar-refractivity contribution is -0.115. The second kappa shape index (κ2) is 10.6. The third-order valence-electron chi connectivity index (χ3n) is 6.02. The van der Waals surface area contributed by atoms with E-state index in [9.17, 15) is 9.59 Å². The molecule has 0 aliphatic carbocycles. The normalized spacial score (nSPS) is 17.9. The number of thioether (sulfide) groups is 1. The number of halogens is 1. The van der Waals surface area contributed by atoms with Gasteiger partial charge in [0.1, 0.15) is 11.5 Å². The van der Waals surface area contributed by atoms with Gasteiger partial charge in [-0.15, -0.1) is 0 Å². The van der Waals surface area contributed by atoms with Gasteiger partial charge in [-0.25, -0.2) is 9.97 Å². The molecule has 0 spiro atoms. The Morgan fingerprint density at radius 1 is 1.17 bits per heavy atom. The van der Waals surface area contributed by atoms with E-state index in [-0.39, 0.29) is 11.1 Å². The number of hydrogen-bond donors (Lipinski definition) is 2. The van der Waals surface area contributed by atoms with Gasteiger partial charge in [-0.1, -0.05) is 23.7 Å². The number of amides is 2. The maximum atomic E-state index is 11.8. The molecule has 2 aromatic heterocycles. The number of rotatable bonds is 7. The van der Waals surface area contributed by atoms with Gasteiger partial charge in [0.15, 0.2) is 0 Å². The van der Waals surface area contributed by atoms with E-state index in [1.165, 1.54) is 0 Å². The minimum absolute atomic E-state index is 0.347. The van der Waals surface area contributed by atoms with Crippen LogP contribution in [0.15, 0.2) is 58.0 Å². The van der Waals surface area contributed by atoms with Gasteiger partial charge in [-0.05, 0) is 73.5 Å². The van der Waals surface area contributed by atoms with Crippen molar-refractivity contribution in [3.05, 3.63) is 70.0 Å². The highest BCUT2D eigenvalue weighted by molar-refractivity contribution is 8.18. The molecule has 5 rings (SSSR count). The first-order chi connectivity index (χ1) is 17.0. The molecular formula is C25H24ClN5O3S. The Kier molecular flexibility index (Phi) is 7.17. The number of nitrogens with zero attached hydrogens (tertiary/aromatic N) is 3. The summed E-state index contributed by atoms with van der Waals surface area (Å²) in [4.78, 5) is 34.6. The standard InChI is InChI=1S/C25H24ClN5O3S/c26-20-4-2-1-3-19(20)21-6-5-18(34-21)15-27-14-16-8-11-31(12-9-16)24-28-10-7-17(29-24)13-22-23(32)30-25(33)35-22/h1-7,10,13,16,27H,8-9,11-12,14-15H2,(H,30,32,33)/b22-13-. The van der Waals surface area contributed by atoms with E-state index >= 15 is 0 Å². The number of benzene rings is 1. The van der Waals surface area contributed by atoms with Gasteiger partial charge >= 0.3 is 0 Å².